The van der Waals surface area contributed by atoms with Crippen molar-refractivity contribution >= 4 is 23.4 Å². The summed E-state index contributed by atoms with van der Waals surface area (Å²) in [4.78, 5) is 27.3. The van der Waals surface area contributed by atoms with E-state index in [2.05, 4.69) is 5.32 Å². The molecule has 0 fully saturated rings. The van der Waals surface area contributed by atoms with Crippen LogP contribution in [0.15, 0.2) is 42.5 Å². The summed E-state index contributed by atoms with van der Waals surface area (Å²) in [7, 11) is 0. The molecule has 0 bridgehead atoms. The van der Waals surface area contributed by atoms with E-state index < -0.39 is 6.04 Å². The fourth-order valence-corrected chi connectivity index (χ4v) is 3.05. The molecule has 0 unspecified atom stereocenters. The summed E-state index contributed by atoms with van der Waals surface area (Å²) in [5.41, 5.74) is 2.91. The molecule has 0 heterocycles. The van der Waals surface area contributed by atoms with Crippen molar-refractivity contribution in [3.05, 3.63) is 64.2 Å². The fraction of sp³-hybridized carbons (Fsp3) is 0.417. The third-order valence-corrected chi connectivity index (χ3v) is 5.38. The first kappa shape index (κ1) is 23.7. The second kappa shape index (κ2) is 11.0. The Hall–Kier alpha value is -2.53. The highest BCUT2D eigenvalue weighted by molar-refractivity contribution is 6.30. The molecule has 0 aliphatic rings. The maximum Gasteiger partial charge on any atom is 0.261 e. The van der Waals surface area contributed by atoms with Gasteiger partial charge in [-0.15, -0.1) is 0 Å². The van der Waals surface area contributed by atoms with Crippen LogP contribution in [0.3, 0.4) is 0 Å². The van der Waals surface area contributed by atoms with Gasteiger partial charge in [0.25, 0.3) is 5.91 Å². The molecule has 0 radical (unpaired) electrons. The van der Waals surface area contributed by atoms with Crippen molar-refractivity contribution in [3.8, 4) is 5.75 Å². The molecular formula is C24H31ClN2O3. The molecule has 2 aromatic carbocycles. The van der Waals surface area contributed by atoms with E-state index in [1.54, 1.807) is 24.0 Å². The monoisotopic (exact) mass is 430 g/mol. The largest absolute Gasteiger partial charge is 0.483 e. The van der Waals surface area contributed by atoms with Crippen LogP contribution in [0.25, 0.3) is 0 Å². The van der Waals surface area contributed by atoms with Gasteiger partial charge in [-0.1, -0.05) is 42.8 Å². The zero-order valence-corrected chi connectivity index (χ0v) is 19.1. The predicted octanol–water partition coefficient (Wildman–Crippen LogP) is 4.67. The van der Waals surface area contributed by atoms with Crippen molar-refractivity contribution in [2.45, 2.75) is 59.7 Å². The van der Waals surface area contributed by atoms with E-state index in [-0.39, 0.29) is 24.5 Å². The van der Waals surface area contributed by atoms with Crippen molar-refractivity contribution in [2.75, 3.05) is 6.61 Å². The smallest absolute Gasteiger partial charge is 0.261 e. The van der Waals surface area contributed by atoms with Gasteiger partial charge in [-0.2, -0.15) is 0 Å². The van der Waals surface area contributed by atoms with Gasteiger partial charge in [0.2, 0.25) is 5.91 Å². The average molecular weight is 431 g/mol. The summed E-state index contributed by atoms with van der Waals surface area (Å²) >= 11 is 5.98. The Morgan fingerprint density at radius 3 is 2.40 bits per heavy atom. The Balaban J connectivity index is 2.17. The minimum Gasteiger partial charge on any atom is -0.483 e. The Bertz CT molecular complexity index is 867. The van der Waals surface area contributed by atoms with Gasteiger partial charge in [0, 0.05) is 17.6 Å². The minimum atomic E-state index is -0.635. The van der Waals surface area contributed by atoms with Crippen molar-refractivity contribution in [2.24, 2.45) is 0 Å². The second-order valence-electron chi connectivity index (χ2n) is 7.70. The lowest BCUT2D eigenvalue weighted by Crippen LogP contribution is -2.50. The molecule has 0 aliphatic carbocycles. The van der Waals surface area contributed by atoms with Gasteiger partial charge < -0.3 is 15.0 Å². The molecule has 1 N–H and O–H groups in total. The highest BCUT2D eigenvalue weighted by Crippen LogP contribution is 2.20. The molecule has 2 amide bonds. The van der Waals surface area contributed by atoms with E-state index in [4.69, 9.17) is 16.3 Å². The predicted molar refractivity (Wildman–Crippen MR) is 121 cm³/mol. The highest BCUT2D eigenvalue weighted by atomic mass is 35.5. The molecule has 2 atom stereocenters. The van der Waals surface area contributed by atoms with Crippen LogP contribution in [0, 0.1) is 13.8 Å². The number of carbonyl (C=O) groups is 2. The standard InChI is InChI=1S/C24H31ClN2O3/c1-6-18(4)26-24(29)19(5)27(14-20-9-11-21(25)12-10-20)23(28)15-30-22-13-16(2)7-8-17(22)3/h7-13,18-19H,6,14-15H2,1-5H3,(H,26,29)/t18-,19-/m1/s1. The summed E-state index contributed by atoms with van der Waals surface area (Å²) in [5, 5.41) is 3.58. The van der Waals surface area contributed by atoms with Crippen LogP contribution < -0.4 is 10.1 Å². The number of carbonyl (C=O) groups excluding carboxylic acids is 2. The third kappa shape index (κ3) is 6.77. The van der Waals surface area contributed by atoms with Crippen LogP contribution in [0.1, 0.15) is 43.9 Å². The molecule has 0 saturated heterocycles. The van der Waals surface area contributed by atoms with Gasteiger partial charge in [-0.25, -0.2) is 0 Å². The Morgan fingerprint density at radius 1 is 1.10 bits per heavy atom. The molecule has 2 rings (SSSR count). The SMILES string of the molecule is CC[C@@H](C)NC(=O)[C@@H](C)N(Cc1ccc(Cl)cc1)C(=O)COc1cc(C)ccc1C. The third-order valence-electron chi connectivity index (χ3n) is 5.13. The minimum absolute atomic E-state index is 0.0404. The van der Waals surface area contributed by atoms with Gasteiger partial charge in [-0.3, -0.25) is 9.59 Å². The number of amides is 2. The first-order valence-corrected chi connectivity index (χ1v) is 10.6. The quantitative estimate of drug-likeness (QED) is 0.629. The first-order chi connectivity index (χ1) is 14.2. The zero-order chi connectivity index (χ0) is 22.3. The highest BCUT2D eigenvalue weighted by Gasteiger charge is 2.27. The summed E-state index contributed by atoms with van der Waals surface area (Å²) < 4.78 is 5.81. The molecule has 0 aromatic heterocycles. The second-order valence-corrected chi connectivity index (χ2v) is 8.14. The first-order valence-electron chi connectivity index (χ1n) is 10.3. The van der Waals surface area contributed by atoms with Crippen LogP contribution in [0.4, 0.5) is 0 Å². The maximum atomic E-state index is 13.1. The van der Waals surface area contributed by atoms with Crippen molar-refractivity contribution in [3.63, 3.8) is 0 Å². The lowest BCUT2D eigenvalue weighted by Gasteiger charge is -2.29. The zero-order valence-electron chi connectivity index (χ0n) is 18.4. The summed E-state index contributed by atoms with van der Waals surface area (Å²) in [5.74, 6) is 0.238. The summed E-state index contributed by atoms with van der Waals surface area (Å²) in [6.45, 7) is 9.75. The molecule has 0 aliphatic heterocycles. The molecule has 30 heavy (non-hydrogen) atoms. The van der Waals surface area contributed by atoms with Gasteiger partial charge in [0.05, 0.1) is 0 Å². The van der Waals surface area contributed by atoms with Gasteiger partial charge in [0.1, 0.15) is 11.8 Å². The van der Waals surface area contributed by atoms with Crippen molar-refractivity contribution < 1.29 is 14.3 Å². The van der Waals surface area contributed by atoms with Crippen LogP contribution in [0.5, 0.6) is 5.75 Å². The number of nitrogens with zero attached hydrogens (tertiary/aromatic N) is 1. The maximum absolute atomic E-state index is 13.1. The summed E-state index contributed by atoms with van der Waals surface area (Å²) in [6, 6.07) is 12.5. The Kier molecular flexibility index (Phi) is 8.72. The van der Waals surface area contributed by atoms with Gasteiger partial charge in [-0.05, 0) is 69.0 Å². The number of aryl methyl sites for hydroxylation is 2. The van der Waals surface area contributed by atoms with Crippen LogP contribution in [-0.2, 0) is 16.1 Å². The lowest BCUT2D eigenvalue weighted by atomic mass is 10.1. The van der Waals surface area contributed by atoms with E-state index in [0.29, 0.717) is 17.3 Å². The molecular weight excluding hydrogens is 400 g/mol. The normalized spacial score (nSPS) is 12.7. The van der Waals surface area contributed by atoms with E-state index in [9.17, 15) is 9.59 Å². The fourth-order valence-electron chi connectivity index (χ4n) is 2.92. The van der Waals surface area contributed by atoms with E-state index in [1.807, 2.05) is 58.0 Å². The number of benzene rings is 2. The van der Waals surface area contributed by atoms with Gasteiger partial charge in [0.15, 0.2) is 6.61 Å². The van der Waals surface area contributed by atoms with Crippen molar-refractivity contribution in [1.29, 1.82) is 0 Å². The Morgan fingerprint density at radius 2 is 1.77 bits per heavy atom. The molecule has 0 spiro atoms. The van der Waals surface area contributed by atoms with Crippen LogP contribution in [-0.4, -0.2) is 35.4 Å². The van der Waals surface area contributed by atoms with E-state index >= 15 is 0 Å². The molecule has 2 aromatic rings. The van der Waals surface area contributed by atoms with Crippen LogP contribution >= 0.6 is 11.6 Å². The average Bonchev–Trinajstić information content (AvgIpc) is 2.73. The number of nitrogens with one attached hydrogen (secondary N) is 1. The number of hydrogen-bond acceptors (Lipinski definition) is 3. The Labute approximate surface area is 184 Å². The number of halogens is 1. The van der Waals surface area contributed by atoms with E-state index in [0.717, 1.165) is 23.1 Å². The molecule has 6 heteroatoms. The molecule has 162 valence electrons. The topological polar surface area (TPSA) is 58.6 Å². The van der Waals surface area contributed by atoms with Crippen molar-refractivity contribution in [1.82, 2.24) is 10.2 Å². The lowest BCUT2D eigenvalue weighted by molar-refractivity contribution is -0.142. The molecule has 0 saturated carbocycles. The van der Waals surface area contributed by atoms with Crippen LogP contribution in [0.2, 0.25) is 5.02 Å². The van der Waals surface area contributed by atoms with E-state index in [1.165, 1.54) is 0 Å². The molecule has 5 nitrogen and oxygen atoms in total. The number of ether oxygens (including phenoxy) is 1. The van der Waals surface area contributed by atoms with Gasteiger partial charge >= 0.3 is 0 Å². The number of rotatable bonds is 9. The summed E-state index contributed by atoms with van der Waals surface area (Å²) in [6.07, 6.45) is 0.819. The number of hydrogen-bond donors (Lipinski definition) is 1.